The normalized spacial score (nSPS) is 15.8. The summed E-state index contributed by atoms with van der Waals surface area (Å²) in [6.07, 6.45) is 1.82. The molecule has 0 radical (unpaired) electrons. The van der Waals surface area contributed by atoms with Gasteiger partial charge in [-0.3, -0.25) is 0 Å². The summed E-state index contributed by atoms with van der Waals surface area (Å²) in [5, 5.41) is 13.8. The summed E-state index contributed by atoms with van der Waals surface area (Å²) in [5.74, 6) is 1.41. The van der Waals surface area contributed by atoms with Gasteiger partial charge in [0, 0.05) is 12.6 Å². The largest absolute Gasteiger partial charge is 0.494 e. The molecule has 0 aliphatic rings. The average molecular weight is 293 g/mol. The number of ether oxygens (including phenoxy) is 1. The first-order valence-electron chi connectivity index (χ1n) is 8.02. The van der Waals surface area contributed by atoms with Gasteiger partial charge in [-0.2, -0.15) is 0 Å². The highest BCUT2D eigenvalue weighted by Gasteiger charge is 2.22. The number of rotatable bonds is 9. The topological polar surface area (TPSA) is 41.5 Å². The predicted octanol–water partition coefficient (Wildman–Crippen LogP) is 3.92. The lowest BCUT2D eigenvalue weighted by Crippen LogP contribution is -2.39. The fraction of sp³-hybridized carbons (Fsp3) is 0.667. The summed E-state index contributed by atoms with van der Waals surface area (Å²) in [6.45, 7) is 11.7. The number of benzene rings is 1. The zero-order valence-electron chi connectivity index (χ0n) is 14.1. The van der Waals surface area contributed by atoms with Gasteiger partial charge in [-0.05, 0) is 50.3 Å². The Morgan fingerprint density at radius 3 is 2.33 bits per heavy atom. The number of nitrogens with one attached hydrogen (secondary N) is 1. The van der Waals surface area contributed by atoms with Gasteiger partial charge >= 0.3 is 0 Å². The molecular weight excluding hydrogens is 262 g/mol. The van der Waals surface area contributed by atoms with Gasteiger partial charge in [-0.25, -0.2) is 0 Å². The van der Waals surface area contributed by atoms with Crippen LogP contribution in [-0.2, 0) is 0 Å². The lowest BCUT2D eigenvalue weighted by Gasteiger charge is -2.27. The highest BCUT2D eigenvalue weighted by Crippen LogP contribution is 2.20. The molecule has 2 N–H and O–H groups in total. The van der Waals surface area contributed by atoms with Crippen LogP contribution >= 0.6 is 0 Å². The molecule has 0 amide bonds. The second kappa shape index (κ2) is 8.40. The van der Waals surface area contributed by atoms with E-state index in [4.69, 9.17) is 4.74 Å². The molecule has 0 spiro atoms. The van der Waals surface area contributed by atoms with Crippen LogP contribution in [-0.4, -0.2) is 23.9 Å². The van der Waals surface area contributed by atoms with Crippen molar-refractivity contribution in [2.24, 2.45) is 5.92 Å². The van der Waals surface area contributed by atoms with Crippen molar-refractivity contribution in [3.63, 3.8) is 0 Å². The molecule has 0 bridgehead atoms. The molecule has 21 heavy (non-hydrogen) atoms. The third kappa shape index (κ3) is 6.96. The van der Waals surface area contributed by atoms with Crippen LogP contribution in [0.15, 0.2) is 24.3 Å². The fourth-order valence-corrected chi connectivity index (χ4v) is 2.52. The molecule has 1 aromatic rings. The summed E-state index contributed by atoms with van der Waals surface area (Å²) < 4.78 is 5.59. The van der Waals surface area contributed by atoms with Gasteiger partial charge in [-0.15, -0.1) is 0 Å². The van der Waals surface area contributed by atoms with Crippen molar-refractivity contribution in [2.45, 2.75) is 59.1 Å². The number of hydrogen-bond acceptors (Lipinski definition) is 3. The van der Waals surface area contributed by atoms with Gasteiger partial charge < -0.3 is 15.2 Å². The van der Waals surface area contributed by atoms with Gasteiger partial charge in [0.25, 0.3) is 0 Å². The lowest BCUT2D eigenvalue weighted by atomic mass is 9.94. The highest BCUT2D eigenvalue weighted by atomic mass is 16.5. The van der Waals surface area contributed by atoms with Gasteiger partial charge in [0.15, 0.2) is 0 Å². The maximum absolute atomic E-state index is 10.3. The van der Waals surface area contributed by atoms with E-state index >= 15 is 0 Å². The first-order chi connectivity index (χ1) is 9.84. The smallest absolute Gasteiger partial charge is 0.119 e. The van der Waals surface area contributed by atoms with Crippen molar-refractivity contribution in [1.82, 2.24) is 5.32 Å². The van der Waals surface area contributed by atoms with Crippen molar-refractivity contribution in [3.05, 3.63) is 29.8 Å². The summed E-state index contributed by atoms with van der Waals surface area (Å²) in [4.78, 5) is 0. The second-order valence-corrected chi connectivity index (χ2v) is 6.61. The summed E-state index contributed by atoms with van der Waals surface area (Å²) in [5.41, 5.74) is 0.547. The first-order valence-corrected chi connectivity index (χ1v) is 8.02. The highest BCUT2D eigenvalue weighted by molar-refractivity contribution is 5.28. The van der Waals surface area contributed by atoms with E-state index in [0.29, 0.717) is 12.5 Å². The van der Waals surface area contributed by atoms with E-state index in [1.807, 2.05) is 19.1 Å². The molecular formula is C18H31NO2. The minimum Gasteiger partial charge on any atom is -0.494 e. The zero-order chi connectivity index (χ0) is 15.9. The molecule has 1 rings (SSSR count). The Hall–Kier alpha value is -1.06. The molecule has 2 unspecified atom stereocenters. The summed E-state index contributed by atoms with van der Waals surface area (Å²) in [7, 11) is 0. The molecule has 0 aromatic heterocycles. The molecule has 0 aliphatic carbocycles. The minimum atomic E-state index is -0.660. The Morgan fingerprint density at radius 1 is 1.19 bits per heavy atom. The summed E-state index contributed by atoms with van der Waals surface area (Å²) >= 11 is 0. The summed E-state index contributed by atoms with van der Waals surface area (Å²) in [6, 6.07) is 8.40. The Morgan fingerprint density at radius 2 is 1.81 bits per heavy atom. The molecule has 0 heterocycles. The molecule has 1 aromatic carbocycles. The van der Waals surface area contributed by atoms with E-state index in [-0.39, 0.29) is 6.04 Å². The average Bonchev–Trinajstić information content (AvgIpc) is 2.42. The quantitative estimate of drug-likeness (QED) is 0.725. The molecule has 0 saturated carbocycles. The van der Waals surface area contributed by atoms with Crippen LogP contribution in [0.1, 0.15) is 59.1 Å². The van der Waals surface area contributed by atoms with Crippen LogP contribution in [0.4, 0.5) is 0 Å². The second-order valence-electron chi connectivity index (χ2n) is 6.61. The lowest BCUT2D eigenvalue weighted by molar-refractivity contribution is 0.0363. The van der Waals surface area contributed by atoms with Crippen molar-refractivity contribution in [1.29, 1.82) is 0 Å². The predicted molar refractivity (Wildman–Crippen MR) is 88.7 cm³/mol. The Bertz CT molecular complexity index is 398. The Kier molecular flexibility index (Phi) is 7.20. The van der Waals surface area contributed by atoms with Gasteiger partial charge in [0.05, 0.1) is 12.2 Å². The maximum atomic E-state index is 10.3. The third-order valence-corrected chi connectivity index (χ3v) is 3.49. The monoisotopic (exact) mass is 293 g/mol. The molecule has 0 aliphatic heterocycles. The van der Waals surface area contributed by atoms with Crippen molar-refractivity contribution in [3.8, 4) is 5.75 Å². The molecule has 2 atom stereocenters. The van der Waals surface area contributed by atoms with E-state index in [0.717, 1.165) is 25.2 Å². The van der Waals surface area contributed by atoms with Crippen LogP contribution in [0, 0.1) is 5.92 Å². The van der Waals surface area contributed by atoms with Crippen molar-refractivity contribution < 1.29 is 9.84 Å². The molecule has 0 fully saturated rings. The van der Waals surface area contributed by atoms with Crippen LogP contribution < -0.4 is 10.1 Å². The molecule has 3 nitrogen and oxygen atoms in total. The van der Waals surface area contributed by atoms with Gasteiger partial charge in [-0.1, -0.05) is 32.9 Å². The maximum Gasteiger partial charge on any atom is 0.119 e. The minimum absolute atomic E-state index is 0.212. The van der Waals surface area contributed by atoms with E-state index in [1.54, 1.807) is 0 Å². The zero-order valence-corrected chi connectivity index (χ0v) is 14.1. The molecule has 0 saturated heterocycles. The SMILES string of the molecule is CCCOc1ccc(C(C)NCC(C)(O)CC(C)C)cc1. The van der Waals surface area contributed by atoms with E-state index in [1.165, 1.54) is 5.56 Å². The number of hydrogen-bond donors (Lipinski definition) is 2. The Labute approximate surface area is 129 Å². The van der Waals surface area contributed by atoms with Crippen LogP contribution in [0.3, 0.4) is 0 Å². The van der Waals surface area contributed by atoms with Gasteiger partial charge in [0.1, 0.15) is 5.75 Å². The van der Waals surface area contributed by atoms with E-state index in [2.05, 4.69) is 45.1 Å². The fourth-order valence-electron chi connectivity index (χ4n) is 2.52. The van der Waals surface area contributed by atoms with Crippen LogP contribution in [0.2, 0.25) is 0 Å². The van der Waals surface area contributed by atoms with Gasteiger partial charge in [0.2, 0.25) is 0 Å². The van der Waals surface area contributed by atoms with Crippen LogP contribution in [0.5, 0.6) is 5.75 Å². The van der Waals surface area contributed by atoms with Crippen molar-refractivity contribution in [2.75, 3.05) is 13.2 Å². The first kappa shape index (κ1) is 18.0. The number of aliphatic hydroxyl groups is 1. The third-order valence-electron chi connectivity index (χ3n) is 3.49. The van der Waals surface area contributed by atoms with Crippen LogP contribution in [0.25, 0.3) is 0 Å². The van der Waals surface area contributed by atoms with E-state index in [9.17, 15) is 5.11 Å². The molecule has 120 valence electrons. The standard InChI is InChI=1S/C18H31NO2/c1-6-11-21-17-9-7-16(8-10-17)15(4)19-13-18(5,20)12-14(2)3/h7-10,14-15,19-20H,6,11-13H2,1-5H3. The molecule has 3 heteroatoms. The van der Waals surface area contributed by atoms with Crippen molar-refractivity contribution >= 4 is 0 Å². The Balaban J connectivity index is 2.49. The van der Waals surface area contributed by atoms with E-state index < -0.39 is 5.60 Å².